The van der Waals surface area contributed by atoms with Crippen molar-refractivity contribution in [2.24, 2.45) is 0 Å². The van der Waals surface area contributed by atoms with E-state index in [1.807, 2.05) is 29.7 Å². The van der Waals surface area contributed by atoms with Crippen molar-refractivity contribution in [1.29, 1.82) is 0 Å². The Balaban J connectivity index is 2.20. The van der Waals surface area contributed by atoms with E-state index in [0.29, 0.717) is 22.5 Å². The summed E-state index contributed by atoms with van der Waals surface area (Å²) in [4.78, 5) is 23.2. The Morgan fingerprint density at radius 1 is 1.38 bits per heavy atom. The molecule has 1 aromatic heterocycles. The highest BCUT2D eigenvalue weighted by molar-refractivity contribution is 8.00. The summed E-state index contributed by atoms with van der Waals surface area (Å²) in [5.74, 6) is 0.288. The first-order valence-corrected chi connectivity index (χ1v) is 8.60. The molecule has 1 atom stereocenters. The highest BCUT2D eigenvalue weighted by atomic mass is 35.5. The molecule has 0 saturated carbocycles. The summed E-state index contributed by atoms with van der Waals surface area (Å²) in [6.45, 7) is 4.31. The lowest BCUT2D eigenvalue weighted by Gasteiger charge is -2.12. The van der Waals surface area contributed by atoms with Crippen LogP contribution in [0, 0.1) is 0 Å². The molecule has 2 rings (SSSR count). The molecule has 0 bridgehead atoms. The molecule has 9 heteroatoms. The monoisotopic (exact) mass is 367 g/mol. The molecule has 0 aliphatic rings. The number of carbonyl (C=O) groups excluding carboxylic acids is 2. The van der Waals surface area contributed by atoms with Crippen LogP contribution >= 0.6 is 23.4 Å². The van der Waals surface area contributed by atoms with Crippen molar-refractivity contribution in [3.05, 3.63) is 29.3 Å². The maximum absolute atomic E-state index is 12.0. The van der Waals surface area contributed by atoms with Crippen molar-refractivity contribution >= 4 is 35.3 Å². The second-order valence-corrected chi connectivity index (χ2v) is 6.63. The predicted octanol–water partition coefficient (Wildman–Crippen LogP) is 2.55. The van der Waals surface area contributed by atoms with Crippen molar-refractivity contribution in [3.63, 3.8) is 0 Å². The number of nitrogens with one attached hydrogen (secondary N) is 2. The molecule has 0 radical (unpaired) electrons. The fourth-order valence-corrected chi connectivity index (χ4v) is 3.09. The van der Waals surface area contributed by atoms with Gasteiger partial charge in [0.25, 0.3) is 0 Å². The van der Waals surface area contributed by atoms with Crippen molar-refractivity contribution < 1.29 is 9.59 Å². The lowest BCUT2D eigenvalue weighted by atomic mass is 10.2. The van der Waals surface area contributed by atoms with Crippen LogP contribution in [0.4, 0.5) is 4.79 Å². The number of nitrogens with zero attached hydrogens (tertiary/aromatic N) is 3. The molecule has 1 aromatic carbocycles. The van der Waals surface area contributed by atoms with Gasteiger partial charge in [-0.15, -0.1) is 10.2 Å². The number of imide groups is 1. The molecular formula is C15H18ClN5O2S. The Morgan fingerprint density at radius 3 is 2.75 bits per heavy atom. The van der Waals surface area contributed by atoms with Gasteiger partial charge in [-0.2, -0.15) is 0 Å². The highest BCUT2D eigenvalue weighted by Gasteiger charge is 2.21. The number of benzene rings is 1. The third-order valence-corrected chi connectivity index (χ3v) is 4.55. The third kappa shape index (κ3) is 4.27. The van der Waals surface area contributed by atoms with Gasteiger partial charge in [-0.3, -0.25) is 10.1 Å². The summed E-state index contributed by atoms with van der Waals surface area (Å²) in [7, 11) is 1.45. The van der Waals surface area contributed by atoms with Crippen LogP contribution in [-0.4, -0.2) is 39.0 Å². The topological polar surface area (TPSA) is 88.9 Å². The summed E-state index contributed by atoms with van der Waals surface area (Å²) in [6.07, 6.45) is 0. The van der Waals surface area contributed by atoms with Gasteiger partial charge in [-0.25, -0.2) is 4.79 Å². The maximum Gasteiger partial charge on any atom is 0.321 e. The minimum Gasteiger partial charge on any atom is -0.341 e. The maximum atomic E-state index is 12.0. The largest absolute Gasteiger partial charge is 0.341 e. The van der Waals surface area contributed by atoms with Gasteiger partial charge < -0.3 is 9.88 Å². The Bertz CT molecular complexity index is 749. The molecule has 7 nitrogen and oxygen atoms in total. The highest BCUT2D eigenvalue weighted by Crippen LogP contribution is 2.27. The molecule has 128 valence electrons. The van der Waals surface area contributed by atoms with E-state index in [-0.39, 0.29) is 0 Å². The van der Waals surface area contributed by atoms with E-state index in [9.17, 15) is 9.59 Å². The second kappa shape index (κ2) is 8.16. The molecular weight excluding hydrogens is 350 g/mol. The lowest BCUT2D eigenvalue weighted by Crippen LogP contribution is -2.41. The Kier molecular flexibility index (Phi) is 6.22. The van der Waals surface area contributed by atoms with Gasteiger partial charge >= 0.3 is 6.03 Å². The van der Waals surface area contributed by atoms with E-state index >= 15 is 0 Å². The Morgan fingerprint density at radius 2 is 2.12 bits per heavy atom. The third-order valence-electron chi connectivity index (χ3n) is 3.23. The first-order chi connectivity index (χ1) is 11.5. The van der Waals surface area contributed by atoms with E-state index < -0.39 is 17.2 Å². The lowest BCUT2D eigenvalue weighted by molar-refractivity contribution is -0.119. The predicted molar refractivity (Wildman–Crippen MR) is 94.1 cm³/mol. The average molecular weight is 368 g/mol. The number of hydrogen-bond donors (Lipinski definition) is 2. The average Bonchev–Trinajstić information content (AvgIpc) is 2.97. The zero-order valence-corrected chi connectivity index (χ0v) is 15.1. The minimum absolute atomic E-state index is 0.394. The molecule has 0 spiro atoms. The van der Waals surface area contributed by atoms with Crippen LogP contribution in [-0.2, 0) is 11.3 Å². The molecule has 1 heterocycles. The van der Waals surface area contributed by atoms with E-state index in [4.69, 9.17) is 11.6 Å². The van der Waals surface area contributed by atoms with Crippen LogP contribution in [0.25, 0.3) is 11.4 Å². The van der Waals surface area contributed by atoms with Crippen molar-refractivity contribution in [2.75, 3.05) is 7.05 Å². The number of aromatic nitrogens is 3. The minimum atomic E-state index is -0.538. The van der Waals surface area contributed by atoms with E-state index in [0.717, 1.165) is 5.56 Å². The van der Waals surface area contributed by atoms with Gasteiger partial charge in [0.05, 0.1) is 5.25 Å². The van der Waals surface area contributed by atoms with E-state index in [1.165, 1.54) is 18.8 Å². The standard InChI is InChI=1S/C15H18ClN5O2S/c1-4-21-12(10-6-5-7-11(16)8-10)19-20-15(21)24-9(2)13(22)18-14(23)17-3/h5-9H,4H2,1-3H3,(H2,17,18,22,23)/t9-/m1/s1. The number of hydrogen-bond acceptors (Lipinski definition) is 5. The molecule has 3 amide bonds. The fraction of sp³-hybridized carbons (Fsp3) is 0.333. The van der Waals surface area contributed by atoms with Crippen LogP contribution < -0.4 is 10.6 Å². The molecule has 0 saturated heterocycles. The molecule has 2 aromatic rings. The van der Waals surface area contributed by atoms with Crippen LogP contribution in [0.1, 0.15) is 13.8 Å². The molecule has 0 aliphatic heterocycles. The summed E-state index contributed by atoms with van der Waals surface area (Å²) < 4.78 is 1.90. The SMILES string of the molecule is CCn1c(S[C@H](C)C(=O)NC(=O)NC)nnc1-c1cccc(Cl)c1. The van der Waals surface area contributed by atoms with E-state index in [2.05, 4.69) is 20.8 Å². The van der Waals surface area contributed by atoms with E-state index in [1.54, 1.807) is 13.0 Å². The number of carbonyl (C=O) groups is 2. The van der Waals surface area contributed by atoms with Gasteiger partial charge in [0, 0.05) is 24.2 Å². The normalized spacial score (nSPS) is 11.8. The van der Waals surface area contributed by atoms with Crippen molar-refractivity contribution in [3.8, 4) is 11.4 Å². The Labute approximate surface area is 149 Å². The summed E-state index contributed by atoms with van der Waals surface area (Å²) in [5, 5.41) is 13.7. The van der Waals surface area contributed by atoms with Gasteiger partial charge in [-0.1, -0.05) is 35.5 Å². The zero-order valence-electron chi connectivity index (χ0n) is 13.5. The molecule has 0 unspecified atom stereocenters. The smallest absolute Gasteiger partial charge is 0.321 e. The quantitative estimate of drug-likeness (QED) is 0.793. The fourth-order valence-electron chi connectivity index (χ4n) is 1.99. The number of urea groups is 1. The van der Waals surface area contributed by atoms with Crippen LogP contribution in [0.15, 0.2) is 29.4 Å². The van der Waals surface area contributed by atoms with Gasteiger partial charge in [-0.05, 0) is 26.0 Å². The van der Waals surface area contributed by atoms with Gasteiger partial charge in [0.15, 0.2) is 11.0 Å². The van der Waals surface area contributed by atoms with Gasteiger partial charge in [0.2, 0.25) is 5.91 Å². The number of amides is 3. The molecule has 0 fully saturated rings. The first-order valence-electron chi connectivity index (χ1n) is 7.34. The van der Waals surface area contributed by atoms with Crippen molar-refractivity contribution in [1.82, 2.24) is 25.4 Å². The van der Waals surface area contributed by atoms with Gasteiger partial charge in [0.1, 0.15) is 0 Å². The molecule has 0 aliphatic carbocycles. The first kappa shape index (κ1) is 18.3. The second-order valence-electron chi connectivity index (χ2n) is 4.89. The molecule has 2 N–H and O–H groups in total. The Hall–Kier alpha value is -2.06. The van der Waals surface area contributed by atoms with Crippen LogP contribution in [0.3, 0.4) is 0 Å². The number of halogens is 1. The van der Waals surface area contributed by atoms with Crippen LogP contribution in [0.2, 0.25) is 5.02 Å². The number of thioether (sulfide) groups is 1. The molecule has 24 heavy (non-hydrogen) atoms. The summed E-state index contributed by atoms with van der Waals surface area (Å²) in [5.41, 5.74) is 0.853. The van der Waals surface area contributed by atoms with Crippen LogP contribution in [0.5, 0.6) is 0 Å². The summed E-state index contributed by atoms with van der Waals surface area (Å²) in [6, 6.07) is 6.81. The summed E-state index contributed by atoms with van der Waals surface area (Å²) >= 11 is 7.27. The van der Waals surface area contributed by atoms with Crippen molar-refractivity contribution in [2.45, 2.75) is 30.8 Å². The number of rotatable bonds is 5. The zero-order chi connectivity index (χ0) is 17.7.